The maximum Gasteiger partial charge on any atom is 0.350 e. The number of rotatable bonds is 5. The van der Waals surface area contributed by atoms with E-state index in [-0.39, 0.29) is 5.97 Å². The molecule has 0 aliphatic heterocycles. The van der Waals surface area contributed by atoms with E-state index in [9.17, 15) is 4.79 Å². The number of hydrogen-bond acceptors (Lipinski definition) is 6. The van der Waals surface area contributed by atoms with Crippen LogP contribution in [0.3, 0.4) is 0 Å². The molecule has 1 aliphatic carbocycles. The quantitative estimate of drug-likeness (QED) is 0.845. The van der Waals surface area contributed by atoms with Gasteiger partial charge in [-0.1, -0.05) is 18.3 Å². The minimum absolute atomic E-state index is 0.297. The molecule has 2 atom stereocenters. The van der Waals surface area contributed by atoms with Gasteiger partial charge < -0.3 is 10.1 Å². The molecule has 0 radical (unpaired) electrons. The number of carbonyl (C=O) groups is 1. The number of methoxy groups -OCH3 is 1. The lowest BCUT2D eigenvalue weighted by Crippen LogP contribution is -2.15. The van der Waals surface area contributed by atoms with Crippen LogP contribution in [0.2, 0.25) is 0 Å². The summed E-state index contributed by atoms with van der Waals surface area (Å²) in [5, 5.41) is 5.06. The van der Waals surface area contributed by atoms with Gasteiger partial charge in [0.1, 0.15) is 4.88 Å². The van der Waals surface area contributed by atoms with Crippen molar-refractivity contribution in [2.45, 2.75) is 44.4 Å². The van der Waals surface area contributed by atoms with Crippen molar-refractivity contribution in [1.82, 2.24) is 4.98 Å². The molecule has 1 aromatic rings. The molecule has 0 saturated heterocycles. The van der Waals surface area contributed by atoms with E-state index in [1.807, 2.05) is 18.7 Å². The highest BCUT2D eigenvalue weighted by Crippen LogP contribution is 2.33. The van der Waals surface area contributed by atoms with Crippen molar-refractivity contribution < 1.29 is 9.53 Å². The predicted molar refractivity (Wildman–Crippen MR) is 81.4 cm³/mol. The molecule has 0 spiro atoms. The topological polar surface area (TPSA) is 51.2 Å². The van der Waals surface area contributed by atoms with E-state index in [1.54, 1.807) is 0 Å². The molecule has 2 unspecified atom stereocenters. The van der Waals surface area contributed by atoms with E-state index < -0.39 is 0 Å². The van der Waals surface area contributed by atoms with Crippen LogP contribution in [0.1, 0.15) is 41.6 Å². The van der Waals surface area contributed by atoms with Gasteiger partial charge in [0.2, 0.25) is 0 Å². The van der Waals surface area contributed by atoms with Gasteiger partial charge in [0.15, 0.2) is 5.13 Å². The standard InChI is InChI=1S/C13H20N2O2S2/c1-4-18-10-6-5-9(7-10)15-13-14-8(2)11(19-13)12(16)17-3/h9-10H,4-7H2,1-3H3,(H,14,15). The van der Waals surface area contributed by atoms with Crippen LogP contribution < -0.4 is 5.32 Å². The van der Waals surface area contributed by atoms with Gasteiger partial charge in [0.05, 0.1) is 12.8 Å². The molecular weight excluding hydrogens is 280 g/mol. The van der Waals surface area contributed by atoms with Crippen LogP contribution in [-0.2, 0) is 4.74 Å². The first kappa shape index (κ1) is 14.7. The molecule has 6 heteroatoms. The lowest BCUT2D eigenvalue weighted by Gasteiger charge is -2.11. The van der Waals surface area contributed by atoms with Gasteiger partial charge in [-0.15, -0.1) is 0 Å². The number of anilines is 1. The van der Waals surface area contributed by atoms with Crippen LogP contribution in [0, 0.1) is 6.92 Å². The lowest BCUT2D eigenvalue weighted by atomic mass is 10.3. The molecule has 1 heterocycles. The van der Waals surface area contributed by atoms with Crippen molar-refractivity contribution in [3.05, 3.63) is 10.6 Å². The molecule has 19 heavy (non-hydrogen) atoms. The van der Waals surface area contributed by atoms with E-state index in [2.05, 4.69) is 17.2 Å². The summed E-state index contributed by atoms with van der Waals surface area (Å²) in [5.74, 6) is 0.883. The summed E-state index contributed by atoms with van der Waals surface area (Å²) >= 11 is 3.43. The van der Waals surface area contributed by atoms with Gasteiger partial charge in [0, 0.05) is 11.3 Å². The molecule has 1 aliphatic rings. The van der Waals surface area contributed by atoms with Gasteiger partial charge >= 0.3 is 5.97 Å². The second kappa shape index (κ2) is 6.61. The fourth-order valence-corrected chi connectivity index (χ4v) is 4.48. The number of esters is 1. The number of nitrogens with zero attached hydrogens (tertiary/aromatic N) is 1. The highest BCUT2D eigenvalue weighted by molar-refractivity contribution is 7.99. The van der Waals surface area contributed by atoms with Gasteiger partial charge in [-0.3, -0.25) is 0 Å². The minimum Gasteiger partial charge on any atom is -0.465 e. The lowest BCUT2D eigenvalue weighted by molar-refractivity contribution is 0.0605. The first-order valence-corrected chi connectivity index (χ1v) is 8.44. The first-order chi connectivity index (χ1) is 9.13. The Labute approximate surface area is 122 Å². The molecule has 2 rings (SSSR count). The number of nitrogens with one attached hydrogen (secondary N) is 1. The molecule has 4 nitrogen and oxygen atoms in total. The SMILES string of the molecule is CCSC1CCC(Nc2nc(C)c(C(=O)OC)s2)C1. The van der Waals surface area contributed by atoms with Crippen molar-refractivity contribution in [3.63, 3.8) is 0 Å². The zero-order chi connectivity index (χ0) is 13.8. The smallest absolute Gasteiger partial charge is 0.350 e. The Kier molecular flexibility index (Phi) is 5.10. The number of thiazole rings is 1. The van der Waals surface area contributed by atoms with Gasteiger partial charge in [0.25, 0.3) is 0 Å². The summed E-state index contributed by atoms with van der Waals surface area (Å²) in [5.41, 5.74) is 0.747. The van der Waals surface area contributed by atoms with Crippen LogP contribution in [0.15, 0.2) is 0 Å². The molecule has 0 aromatic carbocycles. The summed E-state index contributed by atoms with van der Waals surface area (Å²) < 4.78 is 4.75. The molecule has 106 valence electrons. The van der Waals surface area contributed by atoms with Crippen molar-refractivity contribution in [2.75, 3.05) is 18.2 Å². The number of aryl methyl sites for hydroxylation is 1. The zero-order valence-corrected chi connectivity index (χ0v) is 13.2. The Bertz CT molecular complexity index is 448. The molecule has 1 saturated carbocycles. The molecule has 1 N–H and O–H groups in total. The van der Waals surface area contributed by atoms with Crippen LogP contribution in [0.5, 0.6) is 0 Å². The fourth-order valence-electron chi connectivity index (χ4n) is 2.37. The Morgan fingerprint density at radius 3 is 3.05 bits per heavy atom. The van der Waals surface area contributed by atoms with Crippen molar-refractivity contribution in [2.24, 2.45) is 0 Å². The molecule has 0 amide bonds. The van der Waals surface area contributed by atoms with E-state index in [0.29, 0.717) is 10.9 Å². The first-order valence-electron chi connectivity index (χ1n) is 6.58. The predicted octanol–water partition coefficient (Wildman–Crippen LogP) is 3.32. The van der Waals surface area contributed by atoms with E-state index in [4.69, 9.17) is 4.74 Å². The molecule has 1 aromatic heterocycles. The summed E-state index contributed by atoms with van der Waals surface area (Å²) in [6.45, 7) is 4.05. The van der Waals surface area contributed by atoms with Crippen LogP contribution >= 0.6 is 23.1 Å². The normalized spacial score (nSPS) is 22.5. The maximum atomic E-state index is 11.5. The molecule has 1 fully saturated rings. The van der Waals surface area contributed by atoms with Gasteiger partial charge in [-0.25, -0.2) is 9.78 Å². The van der Waals surface area contributed by atoms with Crippen molar-refractivity contribution in [3.8, 4) is 0 Å². The summed E-state index contributed by atoms with van der Waals surface area (Å²) in [6, 6.07) is 0.486. The summed E-state index contributed by atoms with van der Waals surface area (Å²) in [4.78, 5) is 16.6. The summed E-state index contributed by atoms with van der Waals surface area (Å²) in [6.07, 6.45) is 3.64. The average Bonchev–Trinajstić information content (AvgIpc) is 2.96. The highest BCUT2D eigenvalue weighted by atomic mass is 32.2. The Balaban J connectivity index is 1.95. The fraction of sp³-hybridized carbons (Fsp3) is 0.692. The third-order valence-electron chi connectivity index (χ3n) is 3.28. The van der Waals surface area contributed by atoms with E-state index >= 15 is 0 Å². The van der Waals surface area contributed by atoms with Crippen molar-refractivity contribution in [1.29, 1.82) is 0 Å². The maximum absolute atomic E-state index is 11.5. The number of ether oxygens (including phenoxy) is 1. The number of thioether (sulfide) groups is 1. The highest BCUT2D eigenvalue weighted by Gasteiger charge is 2.25. The number of hydrogen-bond donors (Lipinski definition) is 1. The number of carbonyl (C=O) groups excluding carboxylic acids is 1. The second-order valence-corrected chi connectivity index (χ2v) is 7.23. The molecule has 0 bridgehead atoms. The third kappa shape index (κ3) is 3.63. The van der Waals surface area contributed by atoms with E-state index in [1.165, 1.54) is 43.5 Å². The largest absolute Gasteiger partial charge is 0.465 e. The zero-order valence-electron chi connectivity index (χ0n) is 11.6. The van der Waals surface area contributed by atoms with Crippen LogP contribution in [0.4, 0.5) is 5.13 Å². The Morgan fingerprint density at radius 2 is 2.37 bits per heavy atom. The van der Waals surface area contributed by atoms with E-state index in [0.717, 1.165) is 16.1 Å². The van der Waals surface area contributed by atoms with Gasteiger partial charge in [-0.05, 0) is 31.9 Å². The second-order valence-electron chi connectivity index (χ2n) is 4.66. The minimum atomic E-state index is -0.297. The Hall–Kier alpha value is -0.750. The number of aromatic nitrogens is 1. The van der Waals surface area contributed by atoms with Crippen LogP contribution in [0.25, 0.3) is 0 Å². The monoisotopic (exact) mass is 300 g/mol. The third-order valence-corrected chi connectivity index (χ3v) is 5.58. The average molecular weight is 300 g/mol. The van der Waals surface area contributed by atoms with Crippen LogP contribution in [-0.4, -0.2) is 35.1 Å². The summed E-state index contributed by atoms with van der Waals surface area (Å²) in [7, 11) is 1.40. The molecular formula is C13H20N2O2S2. The van der Waals surface area contributed by atoms with Crippen molar-refractivity contribution >= 4 is 34.2 Å². The van der Waals surface area contributed by atoms with Gasteiger partial charge in [-0.2, -0.15) is 11.8 Å². The Morgan fingerprint density at radius 1 is 1.58 bits per heavy atom.